The van der Waals surface area contributed by atoms with Gasteiger partial charge in [0.25, 0.3) is 0 Å². The first-order valence-electron chi connectivity index (χ1n) is 3.74. The van der Waals surface area contributed by atoms with E-state index in [2.05, 4.69) is 17.3 Å². The zero-order valence-electron chi connectivity index (χ0n) is 5.98. The topological polar surface area (TPSA) is 15.3 Å². The van der Waals surface area contributed by atoms with Gasteiger partial charge in [0.15, 0.2) is 0 Å². The Bertz CT molecular complexity index is 118. The Morgan fingerprint density at radius 3 is 2.44 bits per heavy atom. The van der Waals surface area contributed by atoms with Crippen molar-refractivity contribution in [3.8, 4) is 0 Å². The molecule has 0 radical (unpaired) electrons. The highest BCUT2D eigenvalue weighted by atomic mass is 15.2. The van der Waals surface area contributed by atoms with E-state index in [1.165, 1.54) is 32.5 Å². The highest BCUT2D eigenvalue weighted by Gasteiger charge is 2.40. The van der Waals surface area contributed by atoms with Gasteiger partial charge in [0.2, 0.25) is 0 Å². The van der Waals surface area contributed by atoms with Crippen LogP contribution >= 0.6 is 0 Å². The quantitative estimate of drug-likeness (QED) is 0.493. The van der Waals surface area contributed by atoms with E-state index in [9.17, 15) is 0 Å². The molecule has 1 spiro atoms. The van der Waals surface area contributed by atoms with E-state index in [0.29, 0.717) is 5.54 Å². The molecular formula is C7H14N2. The minimum atomic E-state index is 0.564. The van der Waals surface area contributed by atoms with Crippen LogP contribution < -0.4 is 5.32 Å². The first-order valence-corrected chi connectivity index (χ1v) is 3.74. The molecule has 2 heterocycles. The molecule has 0 bridgehead atoms. The highest BCUT2D eigenvalue weighted by molar-refractivity contribution is 5.02. The van der Waals surface area contributed by atoms with Crippen molar-refractivity contribution in [2.45, 2.75) is 18.4 Å². The number of likely N-dealkylation sites (tertiary alicyclic amines) is 1. The van der Waals surface area contributed by atoms with E-state index >= 15 is 0 Å². The smallest absolute Gasteiger partial charge is 0.0332 e. The summed E-state index contributed by atoms with van der Waals surface area (Å²) in [7, 11) is 2.20. The van der Waals surface area contributed by atoms with Gasteiger partial charge in [-0.15, -0.1) is 0 Å². The predicted molar refractivity (Wildman–Crippen MR) is 37.5 cm³/mol. The lowest BCUT2D eigenvalue weighted by Crippen LogP contribution is -2.58. The molecule has 0 aliphatic carbocycles. The molecule has 2 rings (SSSR count). The van der Waals surface area contributed by atoms with Crippen LogP contribution in [0.5, 0.6) is 0 Å². The van der Waals surface area contributed by atoms with Crippen LogP contribution in [0, 0.1) is 0 Å². The lowest BCUT2D eigenvalue weighted by Gasteiger charge is -2.39. The van der Waals surface area contributed by atoms with Crippen LogP contribution in [0.3, 0.4) is 0 Å². The van der Waals surface area contributed by atoms with Gasteiger partial charge in [0.05, 0.1) is 0 Å². The zero-order chi connectivity index (χ0) is 6.32. The fourth-order valence-corrected chi connectivity index (χ4v) is 1.91. The Hall–Kier alpha value is -0.0800. The second kappa shape index (κ2) is 1.70. The molecule has 0 saturated carbocycles. The molecule has 9 heavy (non-hydrogen) atoms. The maximum absolute atomic E-state index is 3.51. The van der Waals surface area contributed by atoms with Crippen molar-refractivity contribution in [1.29, 1.82) is 0 Å². The molecule has 1 atom stereocenters. The summed E-state index contributed by atoms with van der Waals surface area (Å²) in [5.74, 6) is 0. The van der Waals surface area contributed by atoms with Crippen molar-refractivity contribution in [1.82, 2.24) is 10.2 Å². The number of likely N-dealkylation sites (N-methyl/N-ethyl adjacent to an activating group) is 1. The fourth-order valence-electron chi connectivity index (χ4n) is 1.91. The Balaban J connectivity index is 1.99. The maximum atomic E-state index is 3.51. The van der Waals surface area contributed by atoms with E-state index in [1.807, 2.05) is 0 Å². The van der Waals surface area contributed by atoms with Gasteiger partial charge in [-0.3, -0.25) is 0 Å². The van der Waals surface area contributed by atoms with Crippen molar-refractivity contribution in [3.05, 3.63) is 0 Å². The Morgan fingerprint density at radius 2 is 2.22 bits per heavy atom. The summed E-state index contributed by atoms with van der Waals surface area (Å²) in [6.07, 6.45) is 2.76. The van der Waals surface area contributed by atoms with E-state index in [1.54, 1.807) is 0 Å². The lowest BCUT2D eigenvalue weighted by atomic mass is 9.87. The van der Waals surface area contributed by atoms with Crippen LogP contribution in [-0.2, 0) is 0 Å². The van der Waals surface area contributed by atoms with E-state index in [-0.39, 0.29) is 0 Å². The summed E-state index contributed by atoms with van der Waals surface area (Å²) in [5.41, 5.74) is 0.564. The minimum absolute atomic E-state index is 0.564. The predicted octanol–water partition coefficient (Wildman–Crippen LogP) is 0.0540. The number of nitrogens with zero attached hydrogens (tertiary/aromatic N) is 1. The van der Waals surface area contributed by atoms with E-state index in [4.69, 9.17) is 0 Å². The van der Waals surface area contributed by atoms with Gasteiger partial charge in [0, 0.05) is 12.1 Å². The molecule has 2 aliphatic rings. The van der Waals surface area contributed by atoms with Crippen molar-refractivity contribution >= 4 is 0 Å². The standard InChI is InChI=1S/C7H14N2/c1-9-5-3-7(6-9)2-4-8-7/h8H,2-6H2,1H3. The number of hydrogen-bond donors (Lipinski definition) is 1. The third-order valence-corrected chi connectivity index (χ3v) is 2.65. The van der Waals surface area contributed by atoms with Crippen LogP contribution in [-0.4, -0.2) is 37.1 Å². The maximum Gasteiger partial charge on any atom is 0.0332 e. The molecule has 0 aromatic rings. The number of hydrogen-bond acceptors (Lipinski definition) is 2. The third-order valence-electron chi connectivity index (χ3n) is 2.65. The summed E-state index contributed by atoms with van der Waals surface area (Å²) in [6.45, 7) is 3.80. The van der Waals surface area contributed by atoms with Crippen molar-refractivity contribution in [2.24, 2.45) is 0 Å². The SMILES string of the molecule is CN1CCC2(CCN2)C1. The molecule has 0 aromatic carbocycles. The van der Waals surface area contributed by atoms with Crippen LogP contribution in [0.25, 0.3) is 0 Å². The van der Waals surface area contributed by atoms with Crippen LogP contribution in [0.4, 0.5) is 0 Å². The van der Waals surface area contributed by atoms with E-state index < -0.39 is 0 Å². The summed E-state index contributed by atoms with van der Waals surface area (Å²) in [6, 6.07) is 0. The van der Waals surface area contributed by atoms with Gasteiger partial charge in [-0.2, -0.15) is 0 Å². The molecule has 2 aliphatic heterocycles. The number of nitrogens with one attached hydrogen (secondary N) is 1. The van der Waals surface area contributed by atoms with Gasteiger partial charge >= 0.3 is 0 Å². The van der Waals surface area contributed by atoms with Gasteiger partial charge in [-0.1, -0.05) is 0 Å². The van der Waals surface area contributed by atoms with Gasteiger partial charge in [-0.25, -0.2) is 0 Å². The van der Waals surface area contributed by atoms with Crippen molar-refractivity contribution < 1.29 is 0 Å². The molecule has 1 N–H and O–H groups in total. The molecule has 0 amide bonds. The average molecular weight is 126 g/mol. The number of rotatable bonds is 0. The molecule has 2 heteroatoms. The average Bonchev–Trinajstić information content (AvgIpc) is 2.09. The van der Waals surface area contributed by atoms with Gasteiger partial charge < -0.3 is 10.2 Å². The zero-order valence-corrected chi connectivity index (χ0v) is 5.98. The van der Waals surface area contributed by atoms with E-state index in [0.717, 1.165) is 0 Å². The van der Waals surface area contributed by atoms with Crippen LogP contribution in [0.1, 0.15) is 12.8 Å². The lowest BCUT2D eigenvalue weighted by molar-refractivity contribution is 0.212. The second-order valence-corrected chi connectivity index (χ2v) is 3.44. The normalized spacial score (nSPS) is 43.7. The molecule has 2 fully saturated rings. The summed E-state index contributed by atoms with van der Waals surface area (Å²) in [5, 5.41) is 3.51. The Labute approximate surface area is 56.2 Å². The highest BCUT2D eigenvalue weighted by Crippen LogP contribution is 2.28. The summed E-state index contributed by atoms with van der Waals surface area (Å²) in [4.78, 5) is 2.41. The van der Waals surface area contributed by atoms with Crippen molar-refractivity contribution in [2.75, 3.05) is 26.7 Å². The Kier molecular flexibility index (Phi) is 1.08. The molecule has 0 aromatic heterocycles. The van der Waals surface area contributed by atoms with Gasteiger partial charge in [0.1, 0.15) is 0 Å². The largest absolute Gasteiger partial charge is 0.310 e. The van der Waals surface area contributed by atoms with Crippen molar-refractivity contribution in [3.63, 3.8) is 0 Å². The molecule has 2 nitrogen and oxygen atoms in total. The van der Waals surface area contributed by atoms with Gasteiger partial charge in [-0.05, 0) is 33.0 Å². The Morgan fingerprint density at radius 1 is 1.44 bits per heavy atom. The monoisotopic (exact) mass is 126 g/mol. The molecular weight excluding hydrogens is 112 g/mol. The first-order chi connectivity index (χ1) is 4.31. The fraction of sp³-hybridized carbons (Fsp3) is 1.00. The molecule has 52 valence electrons. The summed E-state index contributed by atoms with van der Waals surface area (Å²) < 4.78 is 0. The minimum Gasteiger partial charge on any atom is -0.310 e. The third kappa shape index (κ3) is 0.775. The molecule has 1 unspecified atom stereocenters. The summed E-state index contributed by atoms with van der Waals surface area (Å²) >= 11 is 0. The molecule has 2 saturated heterocycles. The van der Waals surface area contributed by atoms with Crippen LogP contribution in [0.15, 0.2) is 0 Å². The second-order valence-electron chi connectivity index (χ2n) is 3.44. The van der Waals surface area contributed by atoms with Crippen LogP contribution in [0.2, 0.25) is 0 Å². The first kappa shape index (κ1) is 5.69.